The lowest BCUT2D eigenvalue weighted by Gasteiger charge is -2.50. The molecule has 5 rings (SSSR count). The molecule has 2 aliphatic heterocycles. The van der Waals surface area contributed by atoms with Gasteiger partial charge in [-0.05, 0) is 55.3 Å². The number of pyridine rings is 1. The van der Waals surface area contributed by atoms with Gasteiger partial charge in [0.2, 0.25) is 5.60 Å². The SMILES string of the molecule is COCCOc1ccccc1N1CCN(C(=O)C2(Oc3ccc(C(F)(F)F)cc3)CCCN(C(=O)c3cnccc3C(F)(F)F)C2CCO)CC1. The van der Waals surface area contributed by atoms with Gasteiger partial charge in [0.25, 0.3) is 11.8 Å². The molecule has 3 heterocycles. The van der Waals surface area contributed by atoms with Crippen LogP contribution in [0.15, 0.2) is 67.0 Å². The van der Waals surface area contributed by atoms with Crippen molar-refractivity contribution in [1.29, 1.82) is 0 Å². The van der Waals surface area contributed by atoms with Crippen LogP contribution in [0.3, 0.4) is 0 Å². The smallest absolute Gasteiger partial charge is 0.417 e. The molecule has 2 saturated heterocycles. The molecule has 2 atom stereocenters. The van der Waals surface area contributed by atoms with Crippen LogP contribution in [0.5, 0.6) is 11.5 Å². The Morgan fingerprint density at radius 3 is 2.27 bits per heavy atom. The lowest BCUT2D eigenvalue weighted by atomic mass is 9.80. The van der Waals surface area contributed by atoms with E-state index in [0.29, 0.717) is 38.1 Å². The maximum absolute atomic E-state index is 14.8. The number of carbonyl (C=O) groups is 2. The number of ether oxygens (including phenoxy) is 3. The third-order valence-electron chi connectivity index (χ3n) is 9.04. The van der Waals surface area contributed by atoms with Crippen LogP contribution in [0.2, 0.25) is 0 Å². The van der Waals surface area contributed by atoms with Gasteiger partial charge < -0.3 is 34.0 Å². The van der Waals surface area contributed by atoms with Gasteiger partial charge in [-0.2, -0.15) is 26.3 Å². The van der Waals surface area contributed by atoms with Crippen molar-refractivity contribution < 1.29 is 55.2 Å². The number of halogens is 6. The van der Waals surface area contributed by atoms with Crippen LogP contribution in [0, 0.1) is 0 Å². The average molecular weight is 725 g/mol. The predicted molar refractivity (Wildman–Crippen MR) is 172 cm³/mol. The van der Waals surface area contributed by atoms with Crippen molar-refractivity contribution in [1.82, 2.24) is 14.8 Å². The van der Waals surface area contributed by atoms with Crippen molar-refractivity contribution in [2.45, 2.75) is 43.3 Å². The topological polar surface area (TPSA) is 105 Å². The summed E-state index contributed by atoms with van der Waals surface area (Å²) in [4.78, 5) is 37.1. The van der Waals surface area contributed by atoms with Crippen molar-refractivity contribution >= 4 is 17.5 Å². The second kappa shape index (κ2) is 15.8. The van der Waals surface area contributed by atoms with Gasteiger partial charge >= 0.3 is 12.4 Å². The molecule has 10 nitrogen and oxygen atoms in total. The standard InChI is InChI=1S/C35H38F6N4O6/c1-49-21-22-50-29-6-3-2-5-28(29)43-16-18-44(19-17-43)32(48)33(51-25-9-7-24(8-10-25)34(36,37)38)13-4-15-45(30(33)12-20-46)31(47)26-23-42-14-11-27(26)35(39,40)41/h2-3,5-11,14,23,30,46H,4,12-13,15-22H2,1H3. The van der Waals surface area contributed by atoms with E-state index in [-0.39, 0.29) is 44.6 Å². The minimum Gasteiger partial charge on any atom is -0.489 e. The number of alkyl halides is 6. The Balaban J connectivity index is 1.49. The number of anilines is 1. The average Bonchev–Trinajstić information content (AvgIpc) is 3.12. The third-order valence-corrected chi connectivity index (χ3v) is 9.04. The van der Waals surface area contributed by atoms with E-state index in [1.165, 1.54) is 4.90 Å². The summed E-state index contributed by atoms with van der Waals surface area (Å²) >= 11 is 0. The monoisotopic (exact) mass is 724 g/mol. The molecular formula is C35H38F6N4O6. The molecular weight excluding hydrogens is 686 g/mol. The van der Waals surface area contributed by atoms with Crippen molar-refractivity contribution in [3.8, 4) is 11.5 Å². The lowest BCUT2D eigenvalue weighted by molar-refractivity contribution is -0.160. The third kappa shape index (κ3) is 8.33. The summed E-state index contributed by atoms with van der Waals surface area (Å²) in [6.45, 7) is 1.09. The van der Waals surface area contributed by atoms with Gasteiger partial charge in [0.1, 0.15) is 18.1 Å². The number of hydrogen-bond donors (Lipinski definition) is 1. The van der Waals surface area contributed by atoms with Gasteiger partial charge in [-0.25, -0.2) is 0 Å². The summed E-state index contributed by atoms with van der Waals surface area (Å²) in [6, 6.07) is 10.4. The molecule has 0 spiro atoms. The molecule has 1 aromatic heterocycles. The lowest BCUT2D eigenvalue weighted by Crippen LogP contribution is -2.69. The number of nitrogens with zero attached hydrogens (tertiary/aromatic N) is 4. The molecule has 51 heavy (non-hydrogen) atoms. The minimum absolute atomic E-state index is 0.0309. The predicted octanol–water partition coefficient (Wildman–Crippen LogP) is 5.30. The minimum atomic E-state index is -4.90. The van der Waals surface area contributed by atoms with Crippen LogP contribution in [-0.4, -0.2) is 103 Å². The first-order valence-electron chi connectivity index (χ1n) is 16.3. The summed E-state index contributed by atoms with van der Waals surface area (Å²) in [7, 11) is 1.56. The Hall–Kier alpha value is -4.57. The van der Waals surface area contributed by atoms with Crippen LogP contribution in [0.4, 0.5) is 32.0 Å². The zero-order chi connectivity index (χ0) is 36.8. The number of likely N-dealkylation sites (tertiary alicyclic amines) is 1. The van der Waals surface area contributed by atoms with Crippen LogP contribution in [0.25, 0.3) is 0 Å². The first kappa shape index (κ1) is 37.7. The number of piperazine rings is 1. The van der Waals surface area contributed by atoms with E-state index in [4.69, 9.17) is 14.2 Å². The highest BCUT2D eigenvalue weighted by atomic mass is 19.4. The van der Waals surface area contributed by atoms with Crippen LogP contribution in [-0.2, 0) is 21.9 Å². The van der Waals surface area contributed by atoms with Gasteiger partial charge in [0, 0.05) is 65.3 Å². The van der Waals surface area contributed by atoms with Gasteiger partial charge in [0.15, 0.2) is 0 Å². The maximum Gasteiger partial charge on any atom is 0.417 e. The Bertz CT molecular complexity index is 1650. The van der Waals surface area contributed by atoms with Crippen LogP contribution < -0.4 is 14.4 Å². The Labute approximate surface area is 290 Å². The molecule has 2 unspecified atom stereocenters. The largest absolute Gasteiger partial charge is 0.489 e. The number of aromatic nitrogens is 1. The summed E-state index contributed by atoms with van der Waals surface area (Å²) in [5.41, 5.74) is -4.10. The number of aliphatic hydroxyl groups is 1. The fourth-order valence-corrected chi connectivity index (χ4v) is 6.64. The van der Waals surface area contributed by atoms with Crippen molar-refractivity contribution in [3.05, 3.63) is 83.7 Å². The molecule has 0 saturated carbocycles. The first-order valence-corrected chi connectivity index (χ1v) is 16.3. The van der Waals surface area contributed by atoms with Crippen molar-refractivity contribution in [3.63, 3.8) is 0 Å². The van der Waals surface area contributed by atoms with E-state index in [1.54, 1.807) is 7.11 Å². The highest BCUT2D eigenvalue weighted by Crippen LogP contribution is 2.40. The molecule has 1 N–H and O–H groups in total. The van der Waals surface area contributed by atoms with Crippen LogP contribution >= 0.6 is 0 Å². The van der Waals surface area contributed by atoms with E-state index in [9.17, 15) is 41.0 Å². The van der Waals surface area contributed by atoms with Crippen molar-refractivity contribution in [2.75, 3.05) is 64.6 Å². The molecule has 2 aromatic carbocycles. The highest BCUT2D eigenvalue weighted by molar-refractivity contribution is 5.97. The Morgan fingerprint density at radius 1 is 0.922 bits per heavy atom. The summed E-state index contributed by atoms with van der Waals surface area (Å²) in [6.07, 6.45) is -8.03. The normalized spacial score (nSPS) is 19.9. The van der Waals surface area contributed by atoms with E-state index < -0.39 is 59.1 Å². The van der Waals surface area contributed by atoms with Gasteiger partial charge in [-0.15, -0.1) is 0 Å². The maximum atomic E-state index is 14.8. The zero-order valence-corrected chi connectivity index (χ0v) is 27.8. The molecule has 16 heteroatoms. The number of piperidine rings is 1. The summed E-state index contributed by atoms with van der Waals surface area (Å²) in [5, 5.41) is 10.2. The number of methoxy groups -OCH3 is 1. The molecule has 3 aromatic rings. The number of para-hydroxylation sites is 2. The molecule has 276 valence electrons. The van der Waals surface area contributed by atoms with E-state index in [1.807, 2.05) is 29.2 Å². The van der Waals surface area contributed by atoms with Gasteiger partial charge in [-0.3, -0.25) is 14.6 Å². The molecule has 2 aliphatic rings. The second-order valence-electron chi connectivity index (χ2n) is 12.2. The number of hydrogen-bond acceptors (Lipinski definition) is 8. The van der Waals surface area contributed by atoms with E-state index in [2.05, 4.69) is 4.98 Å². The fraction of sp³-hybridized carbons (Fsp3) is 0.457. The molecule has 2 fully saturated rings. The first-order chi connectivity index (χ1) is 24.3. The van der Waals surface area contributed by atoms with E-state index >= 15 is 0 Å². The number of amides is 2. The molecule has 0 bridgehead atoms. The van der Waals surface area contributed by atoms with Crippen molar-refractivity contribution in [2.24, 2.45) is 0 Å². The Kier molecular flexibility index (Phi) is 11.6. The number of aliphatic hydroxyl groups excluding tert-OH is 1. The quantitative estimate of drug-likeness (QED) is 0.210. The fourth-order valence-electron chi connectivity index (χ4n) is 6.64. The molecule has 0 radical (unpaired) electrons. The number of carbonyl (C=O) groups excluding carboxylic acids is 2. The second-order valence-corrected chi connectivity index (χ2v) is 12.2. The summed E-state index contributed by atoms with van der Waals surface area (Å²) in [5.74, 6) is -1.18. The van der Waals surface area contributed by atoms with E-state index in [0.717, 1.165) is 47.2 Å². The number of rotatable bonds is 11. The highest BCUT2D eigenvalue weighted by Gasteiger charge is 2.56. The van der Waals surface area contributed by atoms with Crippen LogP contribution in [0.1, 0.15) is 40.7 Å². The van der Waals surface area contributed by atoms with Gasteiger partial charge in [0.05, 0.1) is 35.0 Å². The van der Waals surface area contributed by atoms with Gasteiger partial charge in [-0.1, -0.05) is 12.1 Å². The zero-order valence-electron chi connectivity index (χ0n) is 27.8. The molecule has 0 aliphatic carbocycles. The summed E-state index contributed by atoms with van der Waals surface area (Å²) < 4.78 is 99.4. The number of benzene rings is 2. The molecule has 2 amide bonds. The Morgan fingerprint density at radius 2 is 1.63 bits per heavy atom.